The number of nitrogens with zero attached hydrogens (tertiary/aromatic N) is 2. The standard InChI is InChI=1S/C26H23ClN2O2/c1-17-6-5-15-28(16-17)24-23(19-11-13-20(27)14-12-19)25(30)29(26(24)31)22-10-4-8-18-7-2-3-9-21(18)22/h2-4,7-14,17H,5-6,15-16H2,1H3. The number of fused-ring (bicyclic) bond motifs is 1. The van der Waals surface area contributed by atoms with Crippen LogP contribution in [-0.2, 0) is 9.59 Å². The van der Waals surface area contributed by atoms with Crippen LogP contribution in [0.5, 0.6) is 0 Å². The quantitative estimate of drug-likeness (QED) is 0.514. The molecule has 2 aliphatic rings. The molecule has 2 aliphatic heterocycles. The minimum Gasteiger partial charge on any atom is -0.366 e. The van der Waals surface area contributed by atoms with E-state index in [2.05, 4.69) is 11.8 Å². The summed E-state index contributed by atoms with van der Waals surface area (Å²) in [7, 11) is 0. The van der Waals surface area contributed by atoms with Gasteiger partial charge in [-0.1, -0.05) is 67.1 Å². The van der Waals surface area contributed by atoms with E-state index in [1.807, 2.05) is 54.6 Å². The SMILES string of the molecule is CC1CCCN(C2=C(c3ccc(Cl)cc3)C(=O)N(c3cccc4ccccc34)C2=O)C1. The summed E-state index contributed by atoms with van der Waals surface area (Å²) in [6.45, 7) is 3.74. The Morgan fingerprint density at radius 2 is 1.65 bits per heavy atom. The fourth-order valence-electron chi connectivity index (χ4n) is 4.70. The van der Waals surface area contributed by atoms with Crippen molar-refractivity contribution in [1.29, 1.82) is 0 Å². The zero-order valence-corrected chi connectivity index (χ0v) is 18.1. The van der Waals surface area contributed by atoms with E-state index in [9.17, 15) is 9.59 Å². The molecule has 1 fully saturated rings. The lowest BCUT2D eigenvalue weighted by Gasteiger charge is -2.33. The van der Waals surface area contributed by atoms with Crippen LogP contribution in [0.25, 0.3) is 16.3 Å². The molecule has 3 aromatic carbocycles. The largest absolute Gasteiger partial charge is 0.366 e. The van der Waals surface area contributed by atoms with Gasteiger partial charge in [-0.25, -0.2) is 4.90 Å². The Morgan fingerprint density at radius 1 is 0.903 bits per heavy atom. The van der Waals surface area contributed by atoms with Crippen molar-refractivity contribution in [1.82, 2.24) is 4.90 Å². The van der Waals surface area contributed by atoms with Gasteiger partial charge in [-0.15, -0.1) is 0 Å². The van der Waals surface area contributed by atoms with Gasteiger partial charge in [0.1, 0.15) is 5.70 Å². The van der Waals surface area contributed by atoms with Crippen molar-refractivity contribution in [3.63, 3.8) is 0 Å². The molecule has 156 valence electrons. The van der Waals surface area contributed by atoms with Crippen LogP contribution in [0.3, 0.4) is 0 Å². The lowest BCUT2D eigenvalue weighted by molar-refractivity contribution is -0.120. The molecule has 0 saturated carbocycles. The molecule has 0 bridgehead atoms. The molecule has 1 saturated heterocycles. The van der Waals surface area contributed by atoms with Crippen molar-refractivity contribution in [3.05, 3.63) is 83.0 Å². The van der Waals surface area contributed by atoms with Crippen LogP contribution in [-0.4, -0.2) is 29.8 Å². The topological polar surface area (TPSA) is 40.6 Å². The van der Waals surface area contributed by atoms with Gasteiger partial charge in [0, 0.05) is 23.5 Å². The maximum Gasteiger partial charge on any atom is 0.282 e. The minimum atomic E-state index is -0.281. The summed E-state index contributed by atoms with van der Waals surface area (Å²) >= 11 is 6.09. The third-order valence-electron chi connectivity index (χ3n) is 6.17. The molecule has 0 spiro atoms. The van der Waals surface area contributed by atoms with Crippen molar-refractivity contribution in [2.45, 2.75) is 19.8 Å². The molecule has 5 rings (SSSR count). The van der Waals surface area contributed by atoms with E-state index in [0.717, 1.165) is 42.3 Å². The van der Waals surface area contributed by atoms with E-state index >= 15 is 0 Å². The van der Waals surface area contributed by atoms with Crippen LogP contribution in [0.15, 0.2) is 72.4 Å². The number of rotatable bonds is 3. The zero-order valence-electron chi connectivity index (χ0n) is 17.3. The highest BCUT2D eigenvalue weighted by molar-refractivity contribution is 6.46. The van der Waals surface area contributed by atoms with E-state index in [0.29, 0.717) is 27.9 Å². The number of imide groups is 1. The molecular formula is C26H23ClN2O2. The summed E-state index contributed by atoms with van der Waals surface area (Å²) in [5.74, 6) is -0.0560. The summed E-state index contributed by atoms with van der Waals surface area (Å²) in [6.07, 6.45) is 2.14. The summed E-state index contributed by atoms with van der Waals surface area (Å²) in [5, 5.41) is 2.48. The maximum atomic E-state index is 13.8. The lowest BCUT2D eigenvalue weighted by atomic mass is 9.98. The Morgan fingerprint density at radius 3 is 2.42 bits per heavy atom. The lowest BCUT2D eigenvalue weighted by Crippen LogP contribution is -2.39. The number of carbonyl (C=O) groups is 2. The summed E-state index contributed by atoms with van der Waals surface area (Å²) in [4.78, 5) is 31.0. The van der Waals surface area contributed by atoms with Crippen LogP contribution in [0, 0.1) is 5.92 Å². The highest BCUT2D eigenvalue weighted by atomic mass is 35.5. The van der Waals surface area contributed by atoms with Gasteiger partial charge in [-0.3, -0.25) is 9.59 Å². The van der Waals surface area contributed by atoms with Gasteiger partial charge in [0.15, 0.2) is 0 Å². The second kappa shape index (κ2) is 7.86. The van der Waals surface area contributed by atoms with Gasteiger partial charge in [-0.2, -0.15) is 0 Å². The van der Waals surface area contributed by atoms with E-state index in [4.69, 9.17) is 11.6 Å². The summed E-state index contributed by atoms with van der Waals surface area (Å²) in [5.41, 5.74) is 2.31. The van der Waals surface area contributed by atoms with E-state index < -0.39 is 0 Å². The molecule has 2 heterocycles. The Balaban J connectivity index is 1.67. The van der Waals surface area contributed by atoms with Crippen LogP contribution in [0.4, 0.5) is 5.69 Å². The number of hydrogen-bond donors (Lipinski definition) is 0. The number of hydrogen-bond acceptors (Lipinski definition) is 3. The molecule has 5 heteroatoms. The molecule has 0 aromatic heterocycles. The van der Waals surface area contributed by atoms with E-state index in [-0.39, 0.29) is 11.8 Å². The molecule has 2 amide bonds. The fraction of sp³-hybridized carbons (Fsp3) is 0.231. The van der Waals surface area contributed by atoms with Gasteiger partial charge in [0.25, 0.3) is 11.8 Å². The van der Waals surface area contributed by atoms with Crippen LogP contribution in [0.1, 0.15) is 25.3 Å². The number of anilines is 1. The van der Waals surface area contributed by atoms with E-state index in [1.54, 1.807) is 12.1 Å². The number of halogens is 1. The Kier molecular flexibility index (Phi) is 5.03. The number of likely N-dealkylation sites (tertiary alicyclic amines) is 1. The van der Waals surface area contributed by atoms with Gasteiger partial charge < -0.3 is 4.90 Å². The number of benzene rings is 3. The van der Waals surface area contributed by atoms with Crippen LogP contribution in [0.2, 0.25) is 5.02 Å². The van der Waals surface area contributed by atoms with Gasteiger partial charge in [0.05, 0.1) is 11.3 Å². The van der Waals surface area contributed by atoms with Crippen molar-refractivity contribution in [2.75, 3.05) is 18.0 Å². The molecule has 1 atom stereocenters. The normalized spacial score (nSPS) is 19.6. The highest BCUT2D eigenvalue weighted by Crippen LogP contribution is 2.39. The van der Waals surface area contributed by atoms with Crippen molar-refractivity contribution < 1.29 is 9.59 Å². The zero-order chi connectivity index (χ0) is 21.5. The molecular weight excluding hydrogens is 408 g/mol. The van der Waals surface area contributed by atoms with Crippen molar-refractivity contribution >= 4 is 45.4 Å². The predicted molar refractivity (Wildman–Crippen MR) is 125 cm³/mol. The average molecular weight is 431 g/mol. The van der Waals surface area contributed by atoms with E-state index in [1.165, 1.54) is 4.90 Å². The number of piperidine rings is 1. The molecule has 31 heavy (non-hydrogen) atoms. The minimum absolute atomic E-state index is 0.250. The first kappa shape index (κ1) is 19.8. The first-order valence-electron chi connectivity index (χ1n) is 10.7. The fourth-order valence-corrected chi connectivity index (χ4v) is 4.83. The van der Waals surface area contributed by atoms with Gasteiger partial charge >= 0.3 is 0 Å². The first-order valence-corrected chi connectivity index (χ1v) is 11.0. The molecule has 0 radical (unpaired) electrons. The van der Waals surface area contributed by atoms with Crippen LogP contribution >= 0.6 is 11.6 Å². The molecule has 4 nitrogen and oxygen atoms in total. The van der Waals surface area contributed by atoms with Crippen molar-refractivity contribution in [2.24, 2.45) is 5.92 Å². The maximum absolute atomic E-state index is 13.8. The van der Waals surface area contributed by atoms with Crippen LogP contribution < -0.4 is 4.90 Å². The predicted octanol–water partition coefficient (Wildman–Crippen LogP) is 5.51. The third kappa shape index (κ3) is 3.41. The smallest absolute Gasteiger partial charge is 0.282 e. The van der Waals surface area contributed by atoms with Crippen molar-refractivity contribution in [3.8, 4) is 0 Å². The third-order valence-corrected chi connectivity index (χ3v) is 6.43. The molecule has 0 N–H and O–H groups in total. The Hall–Kier alpha value is -3.11. The summed E-state index contributed by atoms with van der Waals surface area (Å²) in [6, 6.07) is 20.7. The molecule has 1 unspecified atom stereocenters. The molecule has 0 aliphatic carbocycles. The number of carbonyl (C=O) groups excluding carboxylic acids is 2. The van der Waals surface area contributed by atoms with Gasteiger partial charge in [0.2, 0.25) is 0 Å². The number of amides is 2. The second-order valence-electron chi connectivity index (χ2n) is 8.37. The average Bonchev–Trinajstić information content (AvgIpc) is 3.04. The second-order valence-corrected chi connectivity index (χ2v) is 8.80. The summed E-state index contributed by atoms with van der Waals surface area (Å²) < 4.78 is 0. The Labute approximate surface area is 186 Å². The Bertz CT molecular complexity index is 1210. The molecule has 3 aromatic rings. The monoisotopic (exact) mass is 430 g/mol. The first-order chi connectivity index (χ1) is 15.0. The van der Waals surface area contributed by atoms with Gasteiger partial charge in [-0.05, 0) is 47.9 Å². The highest BCUT2D eigenvalue weighted by Gasteiger charge is 2.43.